The van der Waals surface area contributed by atoms with Crippen LogP contribution in [0.25, 0.3) is 6.08 Å². The van der Waals surface area contributed by atoms with Gasteiger partial charge in [0.15, 0.2) is 6.10 Å². The number of nitrogens with one attached hydrogen (secondary N) is 2. The van der Waals surface area contributed by atoms with Gasteiger partial charge in [0, 0.05) is 11.1 Å². The van der Waals surface area contributed by atoms with E-state index < -0.39 is 17.9 Å². The summed E-state index contributed by atoms with van der Waals surface area (Å²) in [6.07, 6.45) is 2.02. The molecule has 0 aliphatic carbocycles. The fraction of sp³-hybridized carbons (Fsp3) is 0.158. The van der Waals surface area contributed by atoms with Crippen LogP contribution in [0, 0.1) is 0 Å². The number of carbonyl (C=O) groups excluding carboxylic acids is 2. The van der Waals surface area contributed by atoms with Crippen LogP contribution in [0.2, 0.25) is 10.0 Å². The van der Waals surface area contributed by atoms with E-state index >= 15 is 0 Å². The van der Waals surface area contributed by atoms with Crippen LogP contribution in [0.3, 0.4) is 0 Å². The average Bonchev–Trinajstić information content (AvgIpc) is 2.66. The Labute approximate surface area is 167 Å². The van der Waals surface area contributed by atoms with Crippen LogP contribution in [0.4, 0.5) is 0 Å². The molecule has 2 aromatic rings. The first-order valence-corrected chi connectivity index (χ1v) is 8.68. The van der Waals surface area contributed by atoms with Gasteiger partial charge in [0.2, 0.25) is 0 Å². The van der Waals surface area contributed by atoms with Crippen molar-refractivity contribution in [1.82, 2.24) is 10.9 Å². The monoisotopic (exact) mass is 408 g/mol. The van der Waals surface area contributed by atoms with Gasteiger partial charge in [0.25, 0.3) is 11.8 Å². The zero-order chi connectivity index (χ0) is 19.8. The van der Waals surface area contributed by atoms with E-state index in [0.717, 1.165) is 11.3 Å². The molecule has 0 heterocycles. The minimum atomic E-state index is -0.880. The second kappa shape index (κ2) is 9.85. The maximum atomic E-state index is 12.0. The first kappa shape index (κ1) is 20.6. The van der Waals surface area contributed by atoms with Gasteiger partial charge in [-0.15, -0.1) is 0 Å². The number of carbonyl (C=O) groups is 2. The van der Waals surface area contributed by atoms with Crippen LogP contribution in [0.1, 0.15) is 12.5 Å². The number of methoxy groups -OCH3 is 1. The summed E-state index contributed by atoms with van der Waals surface area (Å²) in [6, 6.07) is 11.8. The molecule has 0 aliphatic rings. The molecule has 142 valence electrons. The molecule has 27 heavy (non-hydrogen) atoms. The molecule has 2 amide bonds. The SMILES string of the molecule is COc1ccc(/C=C/C(=O)NNC(=O)C(C)Oc2ccc(Cl)cc2Cl)cc1. The summed E-state index contributed by atoms with van der Waals surface area (Å²) < 4.78 is 10.5. The Bertz CT molecular complexity index is 838. The minimum Gasteiger partial charge on any atom is -0.497 e. The Kier molecular flexibility index (Phi) is 7.52. The van der Waals surface area contributed by atoms with E-state index in [0.29, 0.717) is 10.8 Å². The highest BCUT2D eigenvalue weighted by atomic mass is 35.5. The molecule has 8 heteroatoms. The van der Waals surface area contributed by atoms with Crippen LogP contribution in [0.15, 0.2) is 48.5 Å². The Morgan fingerprint density at radius 1 is 1.07 bits per heavy atom. The van der Waals surface area contributed by atoms with Crippen molar-refractivity contribution in [2.45, 2.75) is 13.0 Å². The topological polar surface area (TPSA) is 76.7 Å². The Morgan fingerprint density at radius 2 is 1.78 bits per heavy atom. The van der Waals surface area contributed by atoms with Gasteiger partial charge < -0.3 is 9.47 Å². The molecule has 2 N–H and O–H groups in total. The lowest BCUT2D eigenvalue weighted by Gasteiger charge is -2.15. The first-order chi connectivity index (χ1) is 12.9. The molecule has 0 saturated heterocycles. The maximum absolute atomic E-state index is 12.0. The van der Waals surface area contributed by atoms with Gasteiger partial charge in [0.1, 0.15) is 11.5 Å². The first-order valence-electron chi connectivity index (χ1n) is 7.92. The van der Waals surface area contributed by atoms with Gasteiger partial charge in [-0.1, -0.05) is 35.3 Å². The standard InChI is InChI=1S/C19H18Cl2N2O4/c1-12(27-17-9-6-14(20)11-16(17)21)19(25)23-22-18(24)10-5-13-3-7-15(26-2)8-4-13/h3-12H,1-2H3,(H,22,24)(H,23,25)/b10-5+. The van der Waals surface area contributed by atoms with Crippen molar-refractivity contribution in [2.24, 2.45) is 0 Å². The predicted octanol–water partition coefficient (Wildman–Crippen LogP) is 3.63. The quantitative estimate of drug-likeness (QED) is 0.565. The highest BCUT2D eigenvalue weighted by Crippen LogP contribution is 2.28. The Balaban J connectivity index is 1.82. The molecule has 0 aromatic heterocycles. The lowest BCUT2D eigenvalue weighted by atomic mass is 10.2. The van der Waals surface area contributed by atoms with Crippen LogP contribution >= 0.6 is 23.2 Å². The lowest BCUT2D eigenvalue weighted by Crippen LogP contribution is -2.46. The van der Waals surface area contributed by atoms with E-state index in [1.54, 1.807) is 49.6 Å². The number of rotatable bonds is 6. The third-order valence-electron chi connectivity index (χ3n) is 3.42. The molecule has 1 unspecified atom stereocenters. The molecule has 0 bridgehead atoms. The van der Waals surface area contributed by atoms with Crippen molar-refractivity contribution in [1.29, 1.82) is 0 Å². The van der Waals surface area contributed by atoms with E-state index in [-0.39, 0.29) is 5.02 Å². The van der Waals surface area contributed by atoms with Crippen molar-refractivity contribution < 1.29 is 19.1 Å². The van der Waals surface area contributed by atoms with E-state index in [1.807, 2.05) is 0 Å². The van der Waals surface area contributed by atoms with Crippen molar-refractivity contribution in [2.75, 3.05) is 7.11 Å². The highest BCUT2D eigenvalue weighted by molar-refractivity contribution is 6.35. The molecular formula is C19H18Cl2N2O4. The van der Waals surface area contributed by atoms with Crippen LogP contribution < -0.4 is 20.3 Å². The zero-order valence-electron chi connectivity index (χ0n) is 14.7. The number of hydrazine groups is 1. The molecule has 0 spiro atoms. The van der Waals surface area contributed by atoms with Gasteiger partial charge >= 0.3 is 0 Å². The smallest absolute Gasteiger partial charge is 0.279 e. The summed E-state index contributed by atoms with van der Waals surface area (Å²) in [5.41, 5.74) is 5.38. The lowest BCUT2D eigenvalue weighted by molar-refractivity contribution is -0.131. The molecule has 2 rings (SSSR count). The number of ether oxygens (including phenoxy) is 2. The molecular weight excluding hydrogens is 391 g/mol. The predicted molar refractivity (Wildman–Crippen MR) is 105 cm³/mol. The van der Waals surface area contributed by atoms with E-state index in [2.05, 4.69) is 10.9 Å². The number of amides is 2. The fourth-order valence-corrected chi connectivity index (χ4v) is 2.42. The molecule has 6 nitrogen and oxygen atoms in total. The molecule has 2 aromatic carbocycles. The van der Waals surface area contributed by atoms with E-state index in [9.17, 15) is 9.59 Å². The van der Waals surface area contributed by atoms with E-state index in [1.165, 1.54) is 19.1 Å². The molecule has 0 aliphatic heterocycles. The fourth-order valence-electron chi connectivity index (χ4n) is 1.97. The van der Waals surface area contributed by atoms with Crippen molar-refractivity contribution in [3.8, 4) is 11.5 Å². The molecule has 0 radical (unpaired) electrons. The molecule has 0 fully saturated rings. The average molecular weight is 409 g/mol. The normalized spacial score (nSPS) is 11.7. The zero-order valence-corrected chi connectivity index (χ0v) is 16.2. The summed E-state index contributed by atoms with van der Waals surface area (Å²) in [6.45, 7) is 1.53. The summed E-state index contributed by atoms with van der Waals surface area (Å²) >= 11 is 11.8. The van der Waals surface area contributed by atoms with Gasteiger partial charge in [-0.3, -0.25) is 20.4 Å². The number of hydrogen-bond acceptors (Lipinski definition) is 4. The van der Waals surface area contributed by atoms with Crippen LogP contribution in [-0.2, 0) is 9.59 Å². The van der Waals surface area contributed by atoms with Crippen molar-refractivity contribution in [3.05, 3.63) is 64.1 Å². The van der Waals surface area contributed by atoms with Crippen molar-refractivity contribution >= 4 is 41.1 Å². The second-order valence-electron chi connectivity index (χ2n) is 5.42. The van der Waals surface area contributed by atoms with Gasteiger partial charge in [-0.2, -0.15) is 0 Å². The Hall–Kier alpha value is -2.70. The van der Waals surface area contributed by atoms with Gasteiger partial charge in [-0.25, -0.2) is 0 Å². The molecule has 1 atom stereocenters. The summed E-state index contributed by atoms with van der Waals surface area (Å²) in [7, 11) is 1.58. The summed E-state index contributed by atoms with van der Waals surface area (Å²) in [5.74, 6) is 0.0104. The van der Waals surface area contributed by atoms with E-state index in [4.69, 9.17) is 32.7 Å². The third-order valence-corrected chi connectivity index (χ3v) is 3.95. The van der Waals surface area contributed by atoms with Crippen LogP contribution in [-0.4, -0.2) is 25.0 Å². The van der Waals surface area contributed by atoms with Crippen molar-refractivity contribution in [3.63, 3.8) is 0 Å². The number of halogens is 2. The Morgan fingerprint density at radius 3 is 2.41 bits per heavy atom. The number of hydrogen-bond donors (Lipinski definition) is 2. The second-order valence-corrected chi connectivity index (χ2v) is 6.26. The summed E-state index contributed by atoms with van der Waals surface area (Å²) in [5, 5.41) is 0.744. The number of benzene rings is 2. The minimum absolute atomic E-state index is 0.286. The third kappa shape index (κ3) is 6.51. The summed E-state index contributed by atoms with van der Waals surface area (Å²) in [4.78, 5) is 23.8. The van der Waals surface area contributed by atoms with Gasteiger partial charge in [-0.05, 0) is 48.9 Å². The van der Waals surface area contributed by atoms with Gasteiger partial charge in [0.05, 0.1) is 12.1 Å². The molecule has 0 saturated carbocycles. The maximum Gasteiger partial charge on any atom is 0.279 e. The van der Waals surface area contributed by atoms with Crippen LogP contribution in [0.5, 0.6) is 11.5 Å². The highest BCUT2D eigenvalue weighted by Gasteiger charge is 2.16. The largest absolute Gasteiger partial charge is 0.497 e.